The van der Waals surface area contributed by atoms with Crippen molar-refractivity contribution in [1.82, 2.24) is 10.3 Å². The zero-order valence-electron chi connectivity index (χ0n) is 18.6. The Hall–Kier alpha value is -3.74. The number of pyridine rings is 1. The molecule has 0 fully saturated rings. The van der Waals surface area contributed by atoms with Crippen LogP contribution in [-0.2, 0) is 13.0 Å². The largest absolute Gasteiger partial charge is 0.493 e. The summed E-state index contributed by atoms with van der Waals surface area (Å²) in [6.07, 6.45) is 4.10. The van der Waals surface area contributed by atoms with Gasteiger partial charge in [0.25, 0.3) is 5.91 Å². The number of amides is 1. The standard InChI is InChI=1S/C25H28N2O5/c1-4-31-24-16-20(6-8-22(24)32-17-19-9-12-26-13-10-19)25(28)27-14-11-18-5-7-21(29-2)23(15-18)30-3/h5-10,12-13,15-16H,4,11,14,17H2,1-3H3,(H,27,28). The van der Waals surface area contributed by atoms with Crippen LogP contribution in [-0.4, -0.2) is 38.3 Å². The summed E-state index contributed by atoms with van der Waals surface area (Å²) >= 11 is 0. The van der Waals surface area contributed by atoms with Crippen LogP contribution in [0, 0.1) is 0 Å². The van der Waals surface area contributed by atoms with Gasteiger partial charge in [-0.2, -0.15) is 0 Å². The Morgan fingerprint density at radius 1 is 0.844 bits per heavy atom. The van der Waals surface area contributed by atoms with Crippen molar-refractivity contribution in [3.63, 3.8) is 0 Å². The van der Waals surface area contributed by atoms with Gasteiger partial charge in [0.05, 0.1) is 20.8 Å². The molecule has 1 N–H and O–H groups in total. The van der Waals surface area contributed by atoms with Gasteiger partial charge in [0, 0.05) is 24.5 Å². The Morgan fingerprint density at radius 2 is 1.59 bits per heavy atom. The third kappa shape index (κ3) is 6.14. The van der Waals surface area contributed by atoms with Crippen LogP contribution in [0.5, 0.6) is 23.0 Å². The fourth-order valence-corrected chi connectivity index (χ4v) is 3.14. The van der Waals surface area contributed by atoms with Crippen molar-refractivity contribution in [3.05, 3.63) is 77.6 Å². The van der Waals surface area contributed by atoms with Crippen LogP contribution in [0.2, 0.25) is 0 Å². The fraction of sp³-hybridized carbons (Fsp3) is 0.280. The number of aromatic nitrogens is 1. The molecule has 2 aromatic carbocycles. The highest BCUT2D eigenvalue weighted by Gasteiger charge is 2.12. The summed E-state index contributed by atoms with van der Waals surface area (Å²) in [6.45, 7) is 3.23. The second kappa shape index (κ2) is 11.6. The lowest BCUT2D eigenvalue weighted by Gasteiger charge is -2.14. The van der Waals surface area contributed by atoms with Crippen LogP contribution in [0.3, 0.4) is 0 Å². The number of methoxy groups -OCH3 is 2. The van der Waals surface area contributed by atoms with E-state index in [1.165, 1.54) is 0 Å². The summed E-state index contributed by atoms with van der Waals surface area (Å²) in [5.74, 6) is 2.29. The van der Waals surface area contributed by atoms with E-state index in [4.69, 9.17) is 18.9 Å². The van der Waals surface area contributed by atoms with Crippen molar-refractivity contribution in [2.24, 2.45) is 0 Å². The first-order valence-corrected chi connectivity index (χ1v) is 10.4. The fourth-order valence-electron chi connectivity index (χ4n) is 3.14. The number of rotatable bonds is 11. The molecule has 168 valence electrons. The smallest absolute Gasteiger partial charge is 0.251 e. The zero-order chi connectivity index (χ0) is 22.8. The number of ether oxygens (including phenoxy) is 4. The molecule has 0 aliphatic heterocycles. The number of nitrogens with one attached hydrogen (secondary N) is 1. The van der Waals surface area contributed by atoms with Gasteiger partial charge in [0.15, 0.2) is 23.0 Å². The SMILES string of the molecule is CCOc1cc(C(=O)NCCc2ccc(OC)c(OC)c2)ccc1OCc1ccncc1. The summed E-state index contributed by atoms with van der Waals surface area (Å²) in [7, 11) is 3.20. The molecule has 0 atom stereocenters. The second-order valence-electron chi connectivity index (χ2n) is 6.93. The lowest BCUT2D eigenvalue weighted by molar-refractivity contribution is 0.0953. The molecular weight excluding hydrogens is 408 g/mol. The van der Waals surface area contributed by atoms with Crippen LogP contribution in [0.1, 0.15) is 28.4 Å². The van der Waals surface area contributed by atoms with Crippen LogP contribution in [0.15, 0.2) is 60.9 Å². The third-order valence-electron chi connectivity index (χ3n) is 4.80. The quantitative estimate of drug-likeness (QED) is 0.489. The van der Waals surface area contributed by atoms with Gasteiger partial charge in [0.1, 0.15) is 6.61 Å². The molecule has 0 aliphatic rings. The van der Waals surface area contributed by atoms with Crippen molar-refractivity contribution >= 4 is 5.91 Å². The van der Waals surface area contributed by atoms with Gasteiger partial charge in [-0.25, -0.2) is 0 Å². The van der Waals surface area contributed by atoms with E-state index in [1.807, 2.05) is 37.3 Å². The van der Waals surface area contributed by atoms with Gasteiger partial charge >= 0.3 is 0 Å². The molecule has 1 heterocycles. The normalized spacial score (nSPS) is 10.3. The van der Waals surface area contributed by atoms with Crippen molar-refractivity contribution in [2.45, 2.75) is 20.0 Å². The predicted octanol–water partition coefficient (Wildman–Crippen LogP) is 4.05. The van der Waals surface area contributed by atoms with Crippen molar-refractivity contribution in [3.8, 4) is 23.0 Å². The molecule has 1 aromatic heterocycles. The van der Waals surface area contributed by atoms with Crippen LogP contribution in [0.4, 0.5) is 0 Å². The van der Waals surface area contributed by atoms with Gasteiger partial charge < -0.3 is 24.3 Å². The van der Waals surface area contributed by atoms with E-state index in [9.17, 15) is 4.79 Å². The minimum atomic E-state index is -0.174. The number of carbonyl (C=O) groups is 1. The van der Waals surface area contributed by atoms with Crippen LogP contribution < -0.4 is 24.3 Å². The Balaban J connectivity index is 1.60. The van der Waals surface area contributed by atoms with Crippen molar-refractivity contribution < 1.29 is 23.7 Å². The Kier molecular flexibility index (Phi) is 8.31. The maximum atomic E-state index is 12.6. The lowest BCUT2D eigenvalue weighted by atomic mass is 10.1. The molecule has 0 saturated heterocycles. The minimum Gasteiger partial charge on any atom is -0.493 e. The van der Waals surface area contributed by atoms with Gasteiger partial charge in [-0.15, -0.1) is 0 Å². The molecule has 1 amide bonds. The highest BCUT2D eigenvalue weighted by Crippen LogP contribution is 2.30. The number of hydrogen-bond donors (Lipinski definition) is 1. The molecule has 3 aromatic rings. The molecule has 3 rings (SSSR count). The summed E-state index contributed by atoms with van der Waals surface area (Å²) in [5.41, 5.74) is 2.55. The van der Waals surface area contributed by atoms with Gasteiger partial charge in [-0.1, -0.05) is 6.07 Å². The van der Waals surface area contributed by atoms with E-state index in [0.29, 0.717) is 54.7 Å². The maximum Gasteiger partial charge on any atom is 0.251 e. The molecule has 32 heavy (non-hydrogen) atoms. The molecule has 0 saturated carbocycles. The first-order chi connectivity index (χ1) is 15.6. The Labute approximate surface area is 188 Å². The van der Waals surface area contributed by atoms with Gasteiger partial charge in [-0.05, 0) is 66.9 Å². The average Bonchev–Trinajstić information content (AvgIpc) is 2.83. The van der Waals surface area contributed by atoms with Crippen molar-refractivity contribution in [1.29, 1.82) is 0 Å². The highest BCUT2D eigenvalue weighted by atomic mass is 16.5. The summed E-state index contributed by atoms with van der Waals surface area (Å²) in [6, 6.07) is 14.7. The van der Waals surface area contributed by atoms with Crippen molar-refractivity contribution in [2.75, 3.05) is 27.4 Å². The zero-order valence-corrected chi connectivity index (χ0v) is 18.6. The molecular formula is C25H28N2O5. The number of hydrogen-bond acceptors (Lipinski definition) is 6. The van der Waals surface area contributed by atoms with E-state index in [1.54, 1.807) is 44.8 Å². The van der Waals surface area contributed by atoms with Crippen LogP contribution in [0.25, 0.3) is 0 Å². The Bertz CT molecular complexity index is 1020. The Morgan fingerprint density at radius 3 is 2.31 bits per heavy atom. The minimum absolute atomic E-state index is 0.174. The molecule has 7 heteroatoms. The van der Waals surface area contributed by atoms with Gasteiger partial charge in [0.2, 0.25) is 0 Å². The second-order valence-corrected chi connectivity index (χ2v) is 6.93. The topological polar surface area (TPSA) is 78.9 Å². The van der Waals surface area contributed by atoms with E-state index in [0.717, 1.165) is 11.1 Å². The van der Waals surface area contributed by atoms with Gasteiger partial charge in [-0.3, -0.25) is 9.78 Å². The number of nitrogens with zero attached hydrogens (tertiary/aromatic N) is 1. The van der Waals surface area contributed by atoms with E-state index in [-0.39, 0.29) is 5.91 Å². The molecule has 0 spiro atoms. The summed E-state index contributed by atoms with van der Waals surface area (Å²) in [5, 5.41) is 2.95. The van der Waals surface area contributed by atoms with Crippen LogP contribution >= 0.6 is 0 Å². The lowest BCUT2D eigenvalue weighted by Crippen LogP contribution is -2.25. The predicted molar refractivity (Wildman–Crippen MR) is 122 cm³/mol. The van der Waals surface area contributed by atoms with E-state index in [2.05, 4.69) is 10.3 Å². The summed E-state index contributed by atoms with van der Waals surface area (Å²) in [4.78, 5) is 16.6. The molecule has 0 radical (unpaired) electrons. The summed E-state index contributed by atoms with van der Waals surface area (Å²) < 4.78 is 22.2. The molecule has 7 nitrogen and oxygen atoms in total. The molecule has 0 aliphatic carbocycles. The maximum absolute atomic E-state index is 12.6. The average molecular weight is 437 g/mol. The highest BCUT2D eigenvalue weighted by molar-refractivity contribution is 5.94. The van der Waals surface area contributed by atoms with E-state index < -0.39 is 0 Å². The number of carbonyl (C=O) groups excluding carboxylic acids is 1. The molecule has 0 bridgehead atoms. The third-order valence-corrected chi connectivity index (χ3v) is 4.80. The van der Waals surface area contributed by atoms with E-state index >= 15 is 0 Å². The monoisotopic (exact) mass is 436 g/mol. The first-order valence-electron chi connectivity index (χ1n) is 10.4. The number of benzene rings is 2. The first kappa shape index (κ1) is 22.9. The molecule has 0 unspecified atom stereocenters.